The summed E-state index contributed by atoms with van der Waals surface area (Å²) in [6.07, 6.45) is 2.37. The molecule has 0 radical (unpaired) electrons. The van der Waals surface area contributed by atoms with Crippen molar-refractivity contribution in [2.75, 3.05) is 5.32 Å². The topological polar surface area (TPSA) is 54.9 Å². The standard InChI is InChI=1S/C11H5BrClF2N3O/c12-5-1-6(14)10(7(15)2-5)18-11(19)8-3-16-4-9(13)17-8/h1-4H,(H,18,19). The van der Waals surface area contributed by atoms with Gasteiger partial charge in [-0.1, -0.05) is 27.5 Å². The van der Waals surface area contributed by atoms with Gasteiger partial charge < -0.3 is 5.32 Å². The van der Waals surface area contributed by atoms with Crippen LogP contribution in [-0.4, -0.2) is 15.9 Å². The van der Waals surface area contributed by atoms with Crippen LogP contribution in [0.25, 0.3) is 0 Å². The molecular weight excluding hydrogens is 343 g/mol. The van der Waals surface area contributed by atoms with Gasteiger partial charge in [0.2, 0.25) is 0 Å². The Kier molecular flexibility index (Phi) is 4.06. The summed E-state index contributed by atoms with van der Waals surface area (Å²) in [5.74, 6) is -2.62. The van der Waals surface area contributed by atoms with Crippen LogP contribution in [-0.2, 0) is 0 Å². The lowest BCUT2D eigenvalue weighted by atomic mass is 10.2. The second kappa shape index (κ2) is 5.58. The van der Waals surface area contributed by atoms with Crippen molar-refractivity contribution in [1.29, 1.82) is 0 Å². The molecule has 98 valence electrons. The van der Waals surface area contributed by atoms with Gasteiger partial charge in [0.05, 0.1) is 12.4 Å². The smallest absolute Gasteiger partial charge is 0.276 e. The van der Waals surface area contributed by atoms with Crippen molar-refractivity contribution in [3.05, 3.63) is 51.5 Å². The molecule has 4 nitrogen and oxygen atoms in total. The van der Waals surface area contributed by atoms with Crippen LogP contribution in [0.5, 0.6) is 0 Å². The van der Waals surface area contributed by atoms with Crippen LogP contribution >= 0.6 is 27.5 Å². The highest BCUT2D eigenvalue weighted by atomic mass is 79.9. The molecule has 0 atom stereocenters. The van der Waals surface area contributed by atoms with Crippen LogP contribution in [0.1, 0.15) is 10.5 Å². The van der Waals surface area contributed by atoms with E-state index in [1.165, 1.54) is 6.20 Å². The number of carbonyl (C=O) groups excluding carboxylic acids is 1. The van der Waals surface area contributed by atoms with E-state index in [4.69, 9.17) is 11.6 Å². The quantitative estimate of drug-likeness (QED) is 0.905. The van der Waals surface area contributed by atoms with Crippen molar-refractivity contribution < 1.29 is 13.6 Å². The molecule has 0 saturated heterocycles. The van der Waals surface area contributed by atoms with Gasteiger partial charge >= 0.3 is 0 Å². The minimum absolute atomic E-state index is 0.00407. The van der Waals surface area contributed by atoms with Gasteiger partial charge in [-0.05, 0) is 12.1 Å². The fourth-order valence-electron chi connectivity index (χ4n) is 1.29. The predicted octanol–water partition coefficient (Wildman–Crippen LogP) is 3.42. The minimum atomic E-state index is -0.907. The third-order valence-electron chi connectivity index (χ3n) is 2.08. The fourth-order valence-corrected chi connectivity index (χ4v) is 1.84. The van der Waals surface area contributed by atoms with Crippen LogP contribution in [0.4, 0.5) is 14.5 Å². The minimum Gasteiger partial charge on any atom is -0.316 e. The summed E-state index contributed by atoms with van der Waals surface area (Å²) >= 11 is 8.50. The molecule has 0 aliphatic carbocycles. The fraction of sp³-hybridized carbons (Fsp3) is 0. The Balaban J connectivity index is 2.29. The van der Waals surface area contributed by atoms with Gasteiger partial charge in [-0.15, -0.1) is 0 Å². The van der Waals surface area contributed by atoms with Crippen LogP contribution < -0.4 is 5.32 Å². The normalized spacial score (nSPS) is 10.3. The molecule has 19 heavy (non-hydrogen) atoms. The Bertz CT molecular complexity index is 631. The van der Waals surface area contributed by atoms with Gasteiger partial charge in [0.15, 0.2) is 11.6 Å². The molecular formula is C11H5BrClF2N3O. The molecule has 2 aromatic rings. The Morgan fingerprint density at radius 3 is 2.47 bits per heavy atom. The van der Waals surface area contributed by atoms with Crippen molar-refractivity contribution in [3.63, 3.8) is 0 Å². The molecule has 2 rings (SSSR count). The summed E-state index contributed by atoms with van der Waals surface area (Å²) in [6.45, 7) is 0. The van der Waals surface area contributed by atoms with Crippen molar-refractivity contribution in [1.82, 2.24) is 9.97 Å². The van der Waals surface area contributed by atoms with E-state index >= 15 is 0 Å². The second-order valence-electron chi connectivity index (χ2n) is 3.43. The average Bonchev–Trinajstić information content (AvgIpc) is 2.33. The summed E-state index contributed by atoms with van der Waals surface area (Å²) < 4.78 is 27.3. The van der Waals surface area contributed by atoms with E-state index in [-0.39, 0.29) is 15.3 Å². The highest BCUT2D eigenvalue weighted by Crippen LogP contribution is 2.24. The molecule has 1 amide bonds. The maximum Gasteiger partial charge on any atom is 0.276 e. The summed E-state index contributed by atoms with van der Waals surface area (Å²) in [5, 5.41) is 2.08. The number of nitrogens with one attached hydrogen (secondary N) is 1. The third kappa shape index (κ3) is 3.24. The largest absolute Gasteiger partial charge is 0.316 e. The van der Waals surface area contributed by atoms with Crippen molar-refractivity contribution >= 4 is 39.1 Å². The molecule has 0 bridgehead atoms. The van der Waals surface area contributed by atoms with Gasteiger partial charge in [-0.25, -0.2) is 13.8 Å². The maximum absolute atomic E-state index is 13.5. The zero-order valence-electron chi connectivity index (χ0n) is 9.12. The number of nitrogens with zero attached hydrogens (tertiary/aromatic N) is 2. The highest BCUT2D eigenvalue weighted by molar-refractivity contribution is 9.10. The van der Waals surface area contributed by atoms with Crippen molar-refractivity contribution in [2.24, 2.45) is 0 Å². The lowest BCUT2D eigenvalue weighted by Crippen LogP contribution is -2.16. The molecule has 0 spiro atoms. The van der Waals surface area contributed by atoms with Crippen molar-refractivity contribution in [2.45, 2.75) is 0 Å². The number of rotatable bonds is 2. The van der Waals surface area contributed by atoms with Crippen LogP contribution in [0.15, 0.2) is 29.0 Å². The van der Waals surface area contributed by atoms with E-state index < -0.39 is 23.2 Å². The number of halogens is 4. The highest BCUT2D eigenvalue weighted by Gasteiger charge is 2.16. The van der Waals surface area contributed by atoms with E-state index in [0.717, 1.165) is 18.3 Å². The maximum atomic E-state index is 13.5. The first-order valence-corrected chi connectivity index (χ1v) is 6.08. The Labute approximate surface area is 120 Å². The molecule has 0 fully saturated rings. The van der Waals surface area contributed by atoms with E-state index in [9.17, 15) is 13.6 Å². The number of anilines is 1. The van der Waals surface area contributed by atoms with E-state index in [1.54, 1.807) is 0 Å². The number of benzene rings is 1. The first kappa shape index (κ1) is 13.8. The van der Waals surface area contributed by atoms with Crippen LogP contribution in [0.3, 0.4) is 0 Å². The molecule has 0 saturated carbocycles. The Morgan fingerprint density at radius 2 is 1.89 bits per heavy atom. The molecule has 0 unspecified atom stereocenters. The summed E-state index contributed by atoms with van der Waals surface area (Å²) in [4.78, 5) is 19.1. The SMILES string of the molecule is O=C(Nc1c(F)cc(Br)cc1F)c1cncc(Cl)n1. The van der Waals surface area contributed by atoms with Gasteiger partial charge in [0, 0.05) is 4.47 Å². The first-order chi connectivity index (χ1) is 8.97. The predicted molar refractivity (Wildman–Crippen MR) is 69.1 cm³/mol. The summed E-state index contributed by atoms with van der Waals surface area (Å²) in [7, 11) is 0. The number of aromatic nitrogens is 2. The molecule has 1 N–H and O–H groups in total. The van der Waals surface area contributed by atoms with E-state index in [2.05, 4.69) is 31.2 Å². The first-order valence-electron chi connectivity index (χ1n) is 4.91. The zero-order valence-corrected chi connectivity index (χ0v) is 11.5. The van der Waals surface area contributed by atoms with E-state index in [1.807, 2.05) is 0 Å². The molecule has 1 heterocycles. The zero-order chi connectivity index (χ0) is 14.0. The molecule has 8 heteroatoms. The number of hydrogen-bond acceptors (Lipinski definition) is 3. The van der Waals surface area contributed by atoms with Crippen LogP contribution in [0.2, 0.25) is 5.15 Å². The van der Waals surface area contributed by atoms with E-state index in [0.29, 0.717) is 0 Å². The molecule has 0 aliphatic heterocycles. The van der Waals surface area contributed by atoms with Gasteiger partial charge in [-0.3, -0.25) is 9.78 Å². The average molecular weight is 349 g/mol. The molecule has 1 aromatic carbocycles. The molecule has 0 aliphatic rings. The number of amides is 1. The number of hydrogen-bond donors (Lipinski definition) is 1. The summed E-state index contributed by atoms with van der Waals surface area (Å²) in [5.41, 5.74) is -0.704. The lowest BCUT2D eigenvalue weighted by molar-refractivity contribution is 0.102. The second-order valence-corrected chi connectivity index (χ2v) is 4.73. The third-order valence-corrected chi connectivity index (χ3v) is 2.72. The van der Waals surface area contributed by atoms with Crippen LogP contribution in [0, 0.1) is 11.6 Å². The van der Waals surface area contributed by atoms with Crippen molar-refractivity contribution in [3.8, 4) is 0 Å². The Hall–Kier alpha value is -1.60. The number of carbonyl (C=O) groups is 1. The summed E-state index contributed by atoms with van der Waals surface area (Å²) in [6, 6.07) is 2.06. The molecule has 1 aromatic heterocycles. The Morgan fingerprint density at radius 1 is 1.26 bits per heavy atom. The van der Waals surface area contributed by atoms with Gasteiger partial charge in [0.1, 0.15) is 16.5 Å². The monoisotopic (exact) mass is 347 g/mol. The van der Waals surface area contributed by atoms with Gasteiger partial charge in [0.25, 0.3) is 5.91 Å². The van der Waals surface area contributed by atoms with Gasteiger partial charge in [-0.2, -0.15) is 0 Å². The lowest BCUT2D eigenvalue weighted by Gasteiger charge is -2.07.